The van der Waals surface area contributed by atoms with E-state index in [1.54, 1.807) is 36.4 Å². The van der Waals surface area contributed by atoms with E-state index in [2.05, 4.69) is 25.6 Å². The average Bonchev–Trinajstić information content (AvgIpc) is 2.41. The lowest BCUT2D eigenvalue weighted by atomic mass is 10.3. The number of hydrogen-bond acceptors (Lipinski definition) is 5. The number of nitrogens with zero attached hydrogens (tertiary/aromatic N) is 1. The van der Waals surface area contributed by atoms with Crippen LogP contribution in [-0.4, -0.2) is 25.8 Å². The number of aromatic nitrogens is 1. The molecule has 0 aliphatic heterocycles. The molecule has 1 aromatic carbocycles. The molecule has 0 atom stereocenters. The normalized spacial score (nSPS) is 11.1. The van der Waals surface area contributed by atoms with Gasteiger partial charge in [-0.25, -0.2) is 13.4 Å². The van der Waals surface area contributed by atoms with E-state index in [1.165, 1.54) is 6.20 Å². The number of ether oxygens (including phenoxy) is 1. The number of nitrogens with one attached hydrogen (secondary N) is 1. The predicted octanol–water partition coefficient (Wildman–Crippen LogP) is 2.25. The first kappa shape index (κ1) is 15.6. The van der Waals surface area contributed by atoms with Crippen LogP contribution in [-0.2, 0) is 10.0 Å². The van der Waals surface area contributed by atoms with Gasteiger partial charge in [-0.2, -0.15) is 0 Å². The smallest absolute Gasteiger partial charge is 0.237 e. The van der Waals surface area contributed by atoms with Gasteiger partial charge in [0.2, 0.25) is 10.0 Å². The van der Waals surface area contributed by atoms with Crippen molar-refractivity contribution in [2.45, 2.75) is 0 Å². The lowest BCUT2D eigenvalue weighted by Crippen LogP contribution is -2.22. The molecule has 0 spiro atoms. The van der Waals surface area contributed by atoms with E-state index in [1.807, 2.05) is 0 Å². The van der Waals surface area contributed by atoms with Crippen molar-refractivity contribution >= 4 is 37.5 Å². The van der Waals surface area contributed by atoms with Gasteiger partial charge in [-0.1, -0.05) is 6.07 Å². The molecule has 2 rings (SSSR count). The maximum atomic E-state index is 11.9. The van der Waals surface area contributed by atoms with E-state index in [0.717, 1.165) is 0 Å². The van der Waals surface area contributed by atoms with Gasteiger partial charge >= 0.3 is 0 Å². The molecule has 6 nitrogen and oxygen atoms in total. The third kappa shape index (κ3) is 4.91. The van der Waals surface area contributed by atoms with Crippen molar-refractivity contribution in [2.75, 3.05) is 22.8 Å². The molecule has 1 aromatic heterocycles. The fraction of sp³-hybridized carbons (Fsp3) is 0.154. The van der Waals surface area contributed by atoms with Crippen molar-refractivity contribution in [1.29, 1.82) is 0 Å². The van der Waals surface area contributed by atoms with Crippen LogP contribution < -0.4 is 15.2 Å². The summed E-state index contributed by atoms with van der Waals surface area (Å²) in [5, 5.41) is 0. The maximum absolute atomic E-state index is 11.9. The molecule has 0 saturated carbocycles. The molecule has 2 aromatic rings. The summed E-state index contributed by atoms with van der Waals surface area (Å²) >= 11 is 3.23. The molecular weight excluding hydrogens is 358 g/mol. The number of pyridine rings is 1. The van der Waals surface area contributed by atoms with E-state index in [9.17, 15) is 8.42 Å². The Balaban J connectivity index is 1.91. The highest BCUT2D eigenvalue weighted by atomic mass is 79.9. The highest BCUT2D eigenvalue weighted by molar-refractivity contribution is 9.10. The van der Waals surface area contributed by atoms with Gasteiger partial charge in [-0.15, -0.1) is 0 Å². The zero-order valence-electron chi connectivity index (χ0n) is 11.0. The summed E-state index contributed by atoms with van der Waals surface area (Å²) < 4.78 is 32.2. The number of sulfonamides is 1. The van der Waals surface area contributed by atoms with Crippen LogP contribution in [0.25, 0.3) is 0 Å². The Hall–Kier alpha value is -1.80. The molecule has 1 heterocycles. The van der Waals surface area contributed by atoms with Crippen molar-refractivity contribution in [3.8, 4) is 5.75 Å². The molecule has 3 N–H and O–H groups in total. The summed E-state index contributed by atoms with van der Waals surface area (Å²) in [4.78, 5) is 3.95. The molecule has 0 aliphatic carbocycles. The molecular formula is C13H14BrN3O3S. The highest BCUT2D eigenvalue weighted by Crippen LogP contribution is 2.19. The van der Waals surface area contributed by atoms with Crippen molar-refractivity contribution < 1.29 is 13.2 Å². The van der Waals surface area contributed by atoms with Crippen LogP contribution in [0, 0.1) is 0 Å². The van der Waals surface area contributed by atoms with Gasteiger partial charge in [0.1, 0.15) is 18.1 Å². The number of benzene rings is 1. The summed E-state index contributed by atoms with van der Waals surface area (Å²) in [6.45, 7) is 0.0171. The van der Waals surface area contributed by atoms with Gasteiger partial charge in [0.15, 0.2) is 5.82 Å². The Bertz CT molecular complexity index is 722. The molecule has 112 valence electrons. The zero-order chi connectivity index (χ0) is 15.3. The van der Waals surface area contributed by atoms with E-state index in [4.69, 9.17) is 10.5 Å². The molecule has 0 aliphatic rings. The van der Waals surface area contributed by atoms with E-state index < -0.39 is 10.0 Å². The molecule has 0 unspecified atom stereocenters. The largest absolute Gasteiger partial charge is 0.492 e. The lowest BCUT2D eigenvalue weighted by Gasteiger charge is -2.10. The summed E-state index contributed by atoms with van der Waals surface area (Å²) in [6, 6.07) is 10.2. The number of anilines is 2. The van der Waals surface area contributed by atoms with E-state index in [-0.39, 0.29) is 18.2 Å². The van der Waals surface area contributed by atoms with Crippen LogP contribution in [0.1, 0.15) is 0 Å². The molecule has 0 fully saturated rings. The first-order valence-electron chi connectivity index (χ1n) is 6.06. The van der Waals surface area contributed by atoms with Gasteiger partial charge in [-0.05, 0) is 40.2 Å². The lowest BCUT2D eigenvalue weighted by molar-refractivity contribution is 0.341. The number of nitrogen functional groups attached to an aromatic ring is 1. The Labute approximate surface area is 131 Å². The number of halogens is 1. The molecule has 8 heteroatoms. The molecule has 0 radical (unpaired) electrons. The van der Waals surface area contributed by atoms with Crippen LogP contribution >= 0.6 is 15.9 Å². The zero-order valence-corrected chi connectivity index (χ0v) is 13.4. The molecule has 21 heavy (non-hydrogen) atoms. The second-order valence-corrected chi connectivity index (χ2v) is 6.87. The minimum atomic E-state index is -3.54. The van der Waals surface area contributed by atoms with Gasteiger partial charge in [0.25, 0.3) is 0 Å². The van der Waals surface area contributed by atoms with Crippen LogP contribution in [0.2, 0.25) is 0 Å². The second-order valence-electron chi connectivity index (χ2n) is 4.18. The molecule has 0 saturated heterocycles. The highest BCUT2D eigenvalue weighted by Gasteiger charge is 2.13. The Morgan fingerprint density at radius 3 is 2.81 bits per heavy atom. The number of rotatable bonds is 6. The van der Waals surface area contributed by atoms with E-state index >= 15 is 0 Å². The standard InChI is InChI=1S/C13H14BrN3O3S/c14-12-5-2-6-16-13(12)17-21(18,19)8-7-20-11-4-1-3-10(15)9-11/h1-6,9H,7-8,15H2,(H,16,17). The fourth-order valence-electron chi connectivity index (χ4n) is 1.53. The monoisotopic (exact) mass is 371 g/mol. The van der Waals surface area contributed by atoms with Gasteiger partial charge in [0, 0.05) is 18.0 Å². The minimum Gasteiger partial charge on any atom is -0.492 e. The first-order valence-corrected chi connectivity index (χ1v) is 8.50. The van der Waals surface area contributed by atoms with Gasteiger partial charge in [0.05, 0.1) is 4.47 Å². The van der Waals surface area contributed by atoms with Crippen molar-refractivity contribution in [3.63, 3.8) is 0 Å². The van der Waals surface area contributed by atoms with Gasteiger partial charge < -0.3 is 10.5 Å². The fourth-order valence-corrected chi connectivity index (χ4v) is 2.88. The topological polar surface area (TPSA) is 94.3 Å². The van der Waals surface area contributed by atoms with E-state index in [0.29, 0.717) is 15.9 Å². The molecule has 0 amide bonds. The second kappa shape index (κ2) is 6.77. The van der Waals surface area contributed by atoms with Crippen LogP contribution in [0.5, 0.6) is 5.75 Å². The van der Waals surface area contributed by atoms with Crippen molar-refractivity contribution in [3.05, 3.63) is 47.1 Å². The average molecular weight is 372 g/mol. The summed E-state index contributed by atoms with van der Waals surface area (Å²) in [5.74, 6) is 0.593. The van der Waals surface area contributed by atoms with Crippen LogP contribution in [0.15, 0.2) is 47.1 Å². The summed E-state index contributed by atoms with van der Waals surface area (Å²) in [7, 11) is -3.54. The molecule has 0 bridgehead atoms. The maximum Gasteiger partial charge on any atom is 0.237 e. The predicted molar refractivity (Wildman–Crippen MR) is 85.7 cm³/mol. The Morgan fingerprint density at radius 2 is 2.10 bits per heavy atom. The SMILES string of the molecule is Nc1cccc(OCCS(=O)(=O)Nc2ncccc2Br)c1. The van der Waals surface area contributed by atoms with Crippen molar-refractivity contribution in [1.82, 2.24) is 4.98 Å². The van der Waals surface area contributed by atoms with Crippen LogP contribution in [0.4, 0.5) is 11.5 Å². The first-order chi connectivity index (χ1) is 9.96. The third-order valence-corrected chi connectivity index (χ3v) is 4.34. The summed E-state index contributed by atoms with van der Waals surface area (Å²) in [5.41, 5.74) is 6.17. The summed E-state index contributed by atoms with van der Waals surface area (Å²) in [6.07, 6.45) is 1.51. The third-order valence-electron chi connectivity index (χ3n) is 2.49. The Kier molecular flexibility index (Phi) is 5.03. The minimum absolute atomic E-state index is 0.0171. The quantitative estimate of drug-likeness (QED) is 0.759. The number of nitrogens with two attached hydrogens (primary N) is 1. The number of hydrogen-bond donors (Lipinski definition) is 2. The van der Waals surface area contributed by atoms with Crippen molar-refractivity contribution in [2.24, 2.45) is 0 Å². The Morgan fingerprint density at radius 1 is 1.29 bits per heavy atom. The van der Waals surface area contributed by atoms with Crippen LogP contribution in [0.3, 0.4) is 0 Å². The van der Waals surface area contributed by atoms with Gasteiger partial charge in [-0.3, -0.25) is 4.72 Å².